The Labute approximate surface area is 370 Å². The van der Waals surface area contributed by atoms with Crippen LogP contribution in [0, 0.1) is 0 Å². The summed E-state index contributed by atoms with van der Waals surface area (Å²) in [6.07, 6.45) is 4.19. The first-order valence-corrected chi connectivity index (χ1v) is 24.0. The van der Waals surface area contributed by atoms with Crippen LogP contribution in [0.5, 0.6) is 11.5 Å². The Kier molecular flexibility index (Phi) is 12.1. The molecular weight excluding hydrogens is 813 g/mol. The molecule has 320 valence electrons. The number of aromatic nitrogens is 1. The monoisotopic (exact) mass is 866 g/mol. The molecule has 1 atom stereocenters. The number of ether oxygens (including phenoxy) is 2. The second-order valence-electron chi connectivity index (χ2n) is 16.8. The van der Waals surface area contributed by atoms with Crippen LogP contribution in [-0.2, 0) is 4.79 Å². The molecule has 4 aromatic carbocycles. The van der Waals surface area contributed by atoms with Gasteiger partial charge in [-0.05, 0) is 121 Å². The summed E-state index contributed by atoms with van der Waals surface area (Å²) < 4.78 is 17.0. The quantitative estimate of drug-likeness (QED) is 0.102. The highest BCUT2D eigenvalue weighted by Gasteiger charge is 2.29. The summed E-state index contributed by atoms with van der Waals surface area (Å²) in [5, 5.41) is 11.1. The number of hydrogen-bond donors (Lipinski definition) is 1. The van der Waals surface area contributed by atoms with Crippen molar-refractivity contribution in [1.29, 1.82) is 0 Å². The molecule has 0 saturated carbocycles. The van der Waals surface area contributed by atoms with Crippen molar-refractivity contribution in [3.8, 4) is 11.5 Å². The van der Waals surface area contributed by atoms with Crippen LogP contribution in [0.1, 0.15) is 43.7 Å². The van der Waals surface area contributed by atoms with Gasteiger partial charge in [-0.1, -0.05) is 18.2 Å². The molecule has 2 fully saturated rings. The first-order chi connectivity index (χ1) is 30.5. The zero-order valence-electron chi connectivity index (χ0n) is 35.2. The molecule has 62 heavy (non-hydrogen) atoms. The van der Waals surface area contributed by atoms with Crippen LogP contribution in [0.15, 0.2) is 113 Å². The number of nitrogens with one attached hydrogen (secondary N) is 1. The van der Waals surface area contributed by atoms with Gasteiger partial charge >= 0.3 is 0 Å². The molecule has 3 aliphatic heterocycles. The molecule has 0 bridgehead atoms. The number of rotatable bonds is 15. The van der Waals surface area contributed by atoms with Gasteiger partial charge < -0.3 is 29.2 Å². The van der Waals surface area contributed by atoms with Crippen molar-refractivity contribution < 1.29 is 14.3 Å². The molecule has 12 heteroatoms. The number of pyridine rings is 1. The number of hydrogen-bond acceptors (Lipinski definition) is 10. The minimum absolute atomic E-state index is 0.121. The number of anilines is 3. The molecule has 3 aromatic heterocycles. The van der Waals surface area contributed by atoms with E-state index in [0.29, 0.717) is 18.9 Å². The van der Waals surface area contributed by atoms with Crippen LogP contribution < -0.4 is 30.1 Å². The molecule has 7 aromatic rings. The summed E-state index contributed by atoms with van der Waals surface area (Å²) in [6.45, 7) is 11.7. The zero-order valence-corrected chi connectivity index (χ0v) is 36.8. The summed E-state index contributed by atoms with van der Waals surface area (Å²) in [4.78, 5) is 36.9. The molecule has 1 unspecified atom stereocenters. The fraction of sp³-hybridized carbons (Fsp3) is 0.360. The highest BCUT2D eigenvalue weighted by molar-refractivity contribution is 7.17. The van der Waals surface area contributed by atoms with E-state index in [0.717, 1.165) is 119 Å². The van der Waals surface area contributed by atoms with Gasteiger partial charge in [-0.15, -0.1) is 22.7 Å². The third-order valence-corrected chi connectivity index (χ3v) is 14.7. The van der Waals surface area contributed by atoms with Gasteiger partial charge in [0.15, 0.2) is 0 Å². The third kappa shape index (κ3) is 8.79. The number of benzene rings is 4. The number of carbonyl (C=O) groups is 1. The standard InChI is InChI=1S/C50H54N6O4S2/c57-49-35-46(39-15-14-37(33-42(39)51-49)59-29-3-1-19-52-21-25-54(26-22-52)43-7-5-9-47-40(43)17-31-61-47)56-45-34-38(13-11-36(45)12-16-50(56)58)60-30-4-2-20-53-23-27-55(28-24-53)44-8-6-10-48-41(44)18-32-62-48/h5-18,31-34,46H,1-4,19-30,35H2,(H,51,57). The van der Waals surface area contributed by atoms with E-state index in [-0.39, 0.29) is 17.9 Å². The first-order valence-electron chi connectivity index (χ1n) is 22.3. The Morgan fingerprint density at radius 2 is 1.16 bits per heavy atom. The highest BCUT2D eigenvalue weighted by Crippen LogP contribution is 2.38. The fourth-order valence-electron chi connectivity index (χ4n) is 9.57. The normalized spacial score (nSPS) is 17.5. The predicted molar refractivity (Wildman–Crippen MR) is 256 cm³/mol. The SMILES string of the molecule is O=C1CC(n2c(=O)ccc3ccc(OCCCCN4CCN(c5cccc6sccc56)CC4)cc32)c2ccc(OCCCCN3CCN(c4cccc5sccc45)CC3)cc2N1. The second kappa shape index (κ2) is 18.5. The highest BCUT2D eigenvalue weighted by atomic mass is 32.1. The largest absolute Gasteiger partial charge is 0.494 e. The van der Waals surface area contributed by atoms with E-state index < -0.39 is 6.04 Å². The van der Waals surface area contributed by atoms with Gasteiger partial charge in [-0.25, -0.2) is 0 Å². The van der Waals surface area contributed by atoms with E-state index in [4.69, 9.17) is 9.47 Å². The summed E-state index contributed by atoms with van der Waals surface area (Å²) in [7, 11) is 0. The molecule has 0 aliphatic carbocycles. The molecule has 0 radical (unpaired) electrons. The number of piperazine rings is 2. The minimum atomic E-state index is -0.448. The molecule has 2 saturated heterocycles. The predicted octanol–water partition coefficient (Wildman–Crippen LogP) is 9.32. The molecule has 0 spiro atoms. The van der Waals surface area contributed by atoms with Gasteiger partial charge in [0.25, 0.3) is 5.56 Å². The van der Waals surface area contributed by atoms with Gasteiger partial charge in [-0.2, -0.15) is 0 Å². The van der Waals surface area contributed by atoms with Gasteiger partial charge in [-0.3, -0.25) is 19.4 Å². The fourth-order valence-corrected chi connectivity index (χ4v) is 11.2. The van der Waals surface area contributed by atoms with Crippen molar-refractivity contribution in [3.05, 3.63) is 124 Å². The Morgan fingerprint density at radius 3 is 1.77 bits per heavy atom. The number of amides is 1. The van der Waals surface area contributed by atoms with Crippen LogP contribution >= 0.6 is 22.7 Å². The molecular formula is C50H54N6O4S2. The summed E-state index contributed by atoms with van der Waals surface area (Å²) in [6, 6.07) is 32.6. The van der Waals surface area contributed by atoms with Crippen LogP contribution in [0.4, 0.5) is 17.1 Å². The van der Waals surface area contributed by atoms with Crippen LogP contribution in [0.2, 0.25) is 0 Å². The summed E-state index contributed by atoms with van der Waals surface area (Å²) in [5.74, 6) is 1.33. The van der Waals surface area contributed by atoms with Crippen molar-refractivity contribution >= 4 is 76.7 Å². The number of nitrogens with zero attached hydrogens (tertiary/aromatic N) is 5. The van der Waals surface area contributed by atoms with E-state index in [2.05, 4.69) is 84.2 Å². The lowest BCUT2D eigenvalue weighted by atomic mass is 9.96. The number of unbranched alkanes of at least 4 members (excludes halogenated alkanes) is 2. The third-order valence-electron chi connectivity index (χ3n) is 12.9. The van der Waals surface area contributed by atoms with Crippen molar-refractivity contribution in [3.63, 3.8) is 0 Å². The molecule has 1 amide bonds. The molecule has 1 N–H and O–H groups in total. The number of carbonyl (C=O) groups excluding carboxylic acids is 1. The second-order valence-corrected chi connectivity index (χ2v) is 18.7. The Morgan fingerprint density at radius 1 is 0.597 bits per heavy atom. The maximum atomic E-state index is 13.6. The van der Waals surface area contributed by atoms with E-state index in [1.807, 2.05) is 65.1 Å². The van der Waals surface area contributed by atoms with Crippen molar-refractivity contribution in [2.75, 3.05) is 93.8 Å². The van der Waals surface area contributed by atoms with Crippen molar-refractivity contribution in [1.82, 2.24) is 14.4 Å². The smallest absolute Gasteiger partial charge is 0.251 e. The molecule has 10 nitrogen and oxygen atoms in total. The van der Waals surface area contributed by atoms with E-state index in [9.17, 15) is 9.59 Å². The van der Waals surface area contributed by atoms with E-state index >= 15 is 0 Å². The number of thiophene rings is 2. The maximum absolute atomic E-state index is 13.6. The zero-order chi connectivity index (χ0) is 41.8. The minimum Gasteiger partial charge on any atom is -0.494 e. The molecule has 6 heterocycles. The summed E-state index contributed by atoms with van der Waals surface area (Å²) in [5.41, 5.74) is 4.92. The van der Waals surface area contributed by atoms with E-state index in [1.165, 1.54) is 31.5 Å². The summed E-state index contributed by atoms with van der Waals surface area (Å²) >= 11 is 3.62. The van der Waals surface area contributed by atoms with Gasteiger partial charge in [0.1, 0.15) is 11.5 Å². The van der Waals surface area contributed by atoms with E-state index in [1.54, 1.807) is 10.6 Å². The Balaban J connectivity index is 0.703. The van der Waals surface area contributed by atoms with Gasteiger partial charge in [0, 0.05) is 108 Å². The van der Waals surface area contributed by atoms with Crippen molar-refractivity contribution in [2.24, 2.45) is 0 Å². The first kappa shape index (κ1) is 40.7. The topological polar surface area (TPSA) is 82.5 Å². The van der Waals surface area contributed by atoms with Gasteiger partial charge in [0.05, 0.1) is 31.2 Å². The number of fused-ring (bicyclic) bond motifs is 4. The Hall–Kier alpha value is -5.40. The maximum Gasteiger partial charge on any atom is 0.251 e. The average molecular weight is 867 g/mol. The molecule has 10 rings (SSSR count). The van der Waals surface area contributed by atoms with Crippen LogP contribution in [0.3, 0.4) is 0 Å². The van der Waals surface area contributed by atoms with Crippen LogP contribution in [0.25, 0.3) is 31.1 Å². The van der Waals surface area contributed by atoms with Gasteiger partial charge in [0.2, 0.25) is 5.91 Å². The average Bonchev–Trinajstić information content (AvgIpc) is 4.00. The lowest BCUT2D eigenvalue weighted by Gasteiger charge is -2.36. The molecule has 3 aliphatic rings. The Bertz CT molecular complexity index is 2730. The lowest BCUT2D eigenvalue weighted by Crippen LogP contribution is -2.46. The lowest BCUT2D eigenvalue weighted by molar-refractivity contribution is -0.117. The van der Waals surface area contributed by atoms with Crippen LogP contribution in [-0.4, -0.2) is 98.9 Å². The van der Waals surface area contributed by atoms with Crippen molar-refractivity contribution in [2.45, 2.75) is 38.1 Å².